The Bertz CT molecular complexity index is 667. The maximum Gasteiger partial charge on any atom is 0.309 e. The third-order valence-electron chi connectivity index (χ3n) is 5.12. The fourth-order valence-electron chi connectivity index (χ4n) is 3.29. The molecule has 2 heterocycles. The normalized spacial score (nSPS) is 18.1. The van der Waals surface area contributed by atoms with Crippen molar-refractivity contribution in [3.8, 4) is 5.88 Å². The number of nitrogens with zero attached hydrogens (tertiary/aromatic N) is 3. The van der Waals surface area contributed by atoms with E-state index >= 15 is 0 Å². The SMILES string of the molecule is CCNC(=NCc1ccnc(OCC2CC2)c1)N1CCC(C(=O)OCC)CC1. The van der Waals surface area contributed by atoms with E-state index in [4.69, 9.17) is 14.5 Å². The standard InChI is InChI=1S/C21H32N4O3/c1-3-22-21(25-11-8-18(9-12-25)20(26)27-4-2)24-14-17-7-10-23-19(13-17)28-15-16-5-6-16/h7,10,13,16,18H,3-6,8-9,11-12,14-15H2,1-2H3,(H,22,24). The minimum Gasteiger partial charge on any atom is -0.477 e. The molecule has 1 saturated carbocycles. The van der Waals surface area contributed by atoms with Gasteiger partial charge in [0, 0.05) is 31.9 Å². The van der Waals surface area contributed by atoms with Crippen LogP contribution in [0.1, 0.15) is 45.1 Å². The summed E-state index contributed by atoms with van der Waals surface area (Å²) in [6.07, 6.45) is 5.92. The first kappa shape index (κ1) is 20.4. The first-order chi connectivity index (χ1) is 13.7. The van der Waals surface area contributed by atoms with Gasteiger partial charge in [0.2, 0.25) is 5.88 Å². The number of hydrogen-bond acceptors (Lipinski definition) is 5. The Morgan fingerprint density at radius 1 is 1.29 bits per heavy atom. The molecule has 1 aromatic heterocycles. The monoisotopic (exact) mass is 388 g/mol. The molecular weight excluding hydrogens is 356 g/mol. The highest BCUT2D eigenvalue weighted by atomic mass is 16.5. The minimum absolute atomic E-state index is 0.00505. The lowest BCUT2D eigenvalue weighted by Crippen LogP contribution is -2.46. The molecule has 2 fully saturated rings. The van der Waals surface area contributed by atoms with Crippen molar-refractivity contribution in [3.05, 3.63) is 23.9 Å². The molecule has 0 bridgehead atoms. The molecular formula is C21H32N4O3. The van der Waals surface area contributed by atoms with Crippen LogP contribution in [0, 0.1) is 11.8 Å². The van der Waals surface area contributed by atoms with Crippen LogP contribution in [-0.4, -0.2) is 54.7 Å². The largest absolute Gasteiger partial charge is 0.477 e. The van der Waals surface area contributed by atoms with Crippen molar-refractivity contribution in [3.63, 3.8) is 0 Å². The Morgan fingerprint density at radius 2 is 2.07 bits per heavy atom. The molecule has 0 unspecified atom stereocenters. The molecule has 7 heteroatoms. The molecule has 0 atom stereocenters. The van der Waals surface area contributed by atoms with E-state index in [0.29, 0.717) is 24.9 Å². The number of nitrogens with one attached hydrogen (secondary N) is 1. The number of ether oxygens (including phenoxy) is 2. The highest BCUT2D eigenvalue weighted by Gasteiger charge is 2.27. The lowest BCUT2D eigenvalue weighted by Gasteiger charge is -2.33. The minimum atomic E-state index is -0.0698. The van der Waals surface area contributed by atoms with E-state index in [1.54, 1.807) is 6.20 Å². The van der Waals surface area contributed by atoms with Gasteiger partial charge in [-0.15, -0.1) is 0 Å². The maximum atomic E-state index is 11.9. The first-order valence-electron chi connectivity index (χ1n) is 10.5. The zero-order valence-electron chi connectivity index (χ0n) is 17.0. The summed E-state index contributed by atoms with van der Waals surface area (Å²) < 4.78 is 10.9. The van der Waals surface area contributed by atoms with Crippen LogP contribution >= 0.6 is 0 Å². The van der Waals surface area contributed by atoms with Crippen LogP contribution in [0.3, 0.4) is 0 Å². The molecule has 1 aliphatic heterocycles. The Balaban J connectivity index is 1.55. The predicted octanol–water partition coefficient (Wildman–Crippen LogP) is 2.61. The molecule has 0 spiro atoms. The number of aliphatic imine (C=N–C) groups is 1. The average molecular weight is 389 g/mol. The van der Waals surface area contributed by atoms with Crippen molar-refractivity contribution >= 4 is 11.9 Å². The molecule has 0 radical (unpaired) electrons. The number of pyridine rings is 1. The second-order valence-electron chi connectivity index (χ2n) is 7.44. The molecule has 7 nitrogen and oxygen atoms in total. The average Bonchev–Trinajstić information content (AvgIpc) is 3.55. The van der Waals surface area contributed by atoms with Gasteiger partial charge in [-0.2, -0.15) is 0 Å². The molecule has 1 saturated heterocycles. The highest BCUT2D eigenvalue weighted by molar-refractivity contribution is 5.80. The first-order valence-corrected chi connectivity index (χ1v) is 10.5. The van der Waals surface area contributed by atoms with E-state index in [-0.39, 0.29) is 11.9 Å². The molecule has 154 valence electrons. The third kappa shape index (κ3) is 6.11. The van der Waals surface area contributed by atoms with E-state index in [0.717, 1.165) is 50.6 Å². The molecule has 1 aromatic rings. The van der Waals surface area contributed by atoms with Crippen molar-refractivity contribution < 1.29 is 14.3 Å². The lowest BCUT2D eigenvalue weighted by molar-refractivity contribution is -0.149. The Morgan fingerprint density at radius 3 is 2.75 bits per heavy atom. The zero-order valence-corrected chi connectivity index (χ0v) is 17.0. The molecule has 1 aliphatic carbocycles. The summed E-state index contributed by atoms with van der Waals surface area (Å²) >= 11 is 0. The van der Waals surface area contributed by atoms with Gasteiger partial charge in [-0.25, -0.2) is 9.98 Å². The maximum absolute atomic E-state index is 11.9. The predicted molar refractivity (Wildman–Crippen MR) is 108 cm³/mol. The van der Waals surface area contributed by atoms with Crippen LogP contribution in [-0.2, 0) is 16.1 Å². The number of esters is 1. The zero-order chi connectivity index (χ0) is 19.8. The van der Waals surface area contributed by atoms with E-state index < -0.39 is 0 Å². The number of likely N-dealkylation sites (tertiary alicyclic amines) is 1. The Kier molecular flexibility index (Phi) is 7.51. The van der Waals surface area contributed by atoms with Gasteiger partial charge in [-0.1, -0.05) is 0 Å². The summed E-state index contributed by atoms with van der Waals surface area (Å²) in [5.74, 6) is 2.22. The fraction of sp³-hybridized carbons (Fsp3) is 0.667. The number of carbonyl (C=O) groups excluding carboxylic acids is 1. The molecule has 28 heavy (non-hydrogen) atoms. The number of guanidine groups is 1. The van der Waals surface area contributed by atoms with Crippen molar-refractivity contribution in [2.45, 2.75) is 46.1 Å². The Labute approximate surface area is 167 Å². The number of carbonyl (C=O) groups is 1. The topological polar surface area (TPSA) is 76.1 Å². The van der Waals surface area contributed by atoms with Crippen LogP contribution < -0.4 is 10.1 Å². The van der Waals surface area contributed by atoms with Crippen molar-refractivity contribution in [1.82, 2.24) is 15.2 Å². The highest BCUT2D eigenvalue weighted by Crippen LogP contribution is 2.29. The van der Waals surface area contributed by atoms with Crippen LogP contribution in [0.5, 0.6) is 5.88 Å². The van der Waals surface area contributed by atoms with Crippen molar-refractivity contribution in [1.29, 1.82) is 0 Å². The number of aromatic nitrogens is 1. The van der Waals surface area contributed by atoms with Crippen LogP contribution in [0.25, 0.3) is 0 Å². The van der Waals surface area contributed by atoms with Crippen molar-refractivity contribution in [2.24, 2.45) is 16.8 Å². The number of hydrogen-bond donors (Lipinski definition) is 1. The van der Waals surface area contributed by atoms with Crippen LogP contribution in [0.4, 0.5) is 0 Å². The molecule has 2 aliphatic rings. The van der Waals surface area contributed by atoms with E-state index in [2.05, 4.69) is 22.1 Å². The second kappa shape index (κ2) is 10.3. The Hall–Kier alpha value is -2.31. The molecule has 1 N–H and O–H groups in total. The summed E-state index contributed by atoms with van der Waals surface area (Å²) in [5.41, 5.74) is 1.08. The molecule has 3 rings (SSSR count). The van der Waals surface area contributed by atoms with Crippen LogP contribution in [0.15, 0.2) is 23.3 Å². The number of rotatable bonds is 8. The summed E-state index contributed by atoms with van der Waals surface area (Å²) in [4.78, 5) is 23.3. The third-order valence-corrected chi connectivity index (χ3v) is 5.12. The van der Waals surface area contributed by atoms with Gasteiger partial charge in [0.25, 0.3) is 0 Å². The quantitative estimate of drug-likeness (QED) is 0.419. The van der Waals surface area contributed by atoms with Gasteiger partial charge in [0.05, 0.1) is 25.7 Å². The smallest absolute Gasteiger partial charge is 0.309 e. The van der Waals surface area contributed by atoms with Gasteiger partial charge < -0.3 is 19.7 Å². The van der Waals surface area contributed by atoms with E-state index in [9.17, 15) is 4.79 Å². The summed E-state index contributed by atoms with van der Waals surface area (Å²) in [6.45, 7) is 8.12. The molecule has 0 aromatic carbocycles. The molecule has 0 amide bonds. The van der Waals surface area contributed by atoms with E-state index in [1.165, 1.54) is 12.8 Å². The van der Waals surface area contributed by atoms with Gasteiger partial charge in [-0.3, -0.25) is 4.79 Å². The lowest BCUT2D eigenvalue weighted by atomic mass is 9.97. The summed E-state index contributed by atoms with van der Waals surface area (Å²) in [7, 11) is 0. The van der Waals surface area contributed by atoms with Gasteiger partial charge in [0.1, 0.15) is 0 Å². The van der Waals surface area contributed by atoms with Gasteiger partial charge in [0.15, 0.2) is 5.96 Å². The van der Waals surface area contributed by atoms with E-state index in [1.807, 2.05) is 19.1 Å². The second-order valence-corrected chi connectivity index (χ2v) is 7.44. The number of piperidine rings is 1. The van der Waals surface area contributed by atoms with Gasteiger partial charge >= 0.3 is 5.97 Å². The van der Waals surface area contributed by atoms with Crippen molar-refractivity contribution in [2.75, 3.05) is 32.8 Å². The van der Waals surface area contributed by atoms with Gasteiger partial charge in [-0.05, 0) is 57.1 Å². The van der Waals surface area contributed by atoms with Crippen LogP contribution in [0.2, 0.25) is 0 Å². The fourth-order valence-corrected chi connectivity index (χ4v) is 3.29. The summed E-state index contributed by atoms with van der Waals surface area (Å²) in [5, 5.41) is 3.37. The summed E-state index contributed by atoms with van der Waals surface area (Å²) in [6, 6.07) is 3.95.